The molecule has 2 heterocycles. The van der Waals surface area contributed by atoms with E-state index >= 15 is 0 Å². The van der Waals surface area contributed by atoms with Crippen molar-refractivity contribution in [1.29, 1.82) is 0 Å². The Morgan fingerprint density at radius 1 is 1.11 bits per heavy atom. The Labute approximate surface area is 159 Å². The Balaban J connectivity index is 1.80. The molecular formula is C22H26N4O. The minimum absolute atomic E-state index is 0.00924. The summed E-state index contributed by atoms with van der Waals surface area (Å²) in [6.45, 7) is 10.6. The zero-order chi connectivity index (χ0) is 19.3. The van der Waals surface area contributed by atoms with Gasteiger partial charge in [0.1, 0.15) is 5.82 Å². The molecule has 0 bridgehead atoms. The summed E-state index contributed by atoms with van der Waals surface area (Å²) in [5.41, 5.74) is 5.87. The number of aryl methyl sites for hydroxylation is 2. The van der Waals surface area contributed by atoms with E-state index in [2.05, 4.69) is 60.6 Å². The molecule has 1 amide bonds. The van der Waals surface area contributed by atoms with Gasteiger partial charge in [-0.1, -0.05) is 26.8 Å². The maximum Gasteiger partial charge on any atom is 0.251 e. The third kappa shape index (κ3) is 3.22. The lowest BCUT2D eigenvalue weighted by molar-refractivity contribution is 0.0951. The van der Waals surface area contributed by atoms with Crippen LogP contribution in [0.2, 0.25) is 0 Å². The van der Waals surface area contributed by atoms with Crippen LogP contribution in [-0.2, 0) is 5.41 Å². The Bertz CT molecular complexity index is 1040. The van der Waals surface area contributed by atoms with Gasteiger partial charge in [0, 0.05) is 28.8 Å². The van der Waals surface area contributed by atoms with Gasteiger partial charge in [-0.05, 0) is 61.6 Å². The molecule has 1 saturated carbocycles. The predicted molar refractivity (Wildman–Crippen MR) is 107 cm³/mol. The van der Waals surface area contributed by atoms with Crippen LogP contribution in [0.5, 0.6) is 0 Å². The molecule has 2 aromatic heterocycles. The number of nitrogens with zero attached hydrogens (tertiary/aromatic N) is 3. The van der Waals surface area contributed by atoms with Crippen molar-refractivity contribution in [2.45, 2.75) is 58.9 Å². The van der Waals surface area contributed by atoms with Crippen molar-refractivity contribution >= 4 is 11.6 Å². The van der Waals surface area contributed by atoms with Crippen molar-refractivity contribution in [3.8, 4) is 11.1 Å². The number of pyridine rings is 1. The van der Waals surface area contributed by atoms with Gasteiger partial charge in [0.25, 0.3) is 5.91 Å². The highest BCUT2D eigenvalue weighted by Crippen LogP contribution is 2.31. The van der Waals surface area contributed by atoms with Gasteiger partial charge in [0.15, 0.2) is 5.65 Å². The molecule has 0 atom stereocenters. The van der Waals surface area contributed by atoms with E-state index in [0.717, 1.165) is 46.6 Å². The zero-order valence-electron chi connectivity index (χ0n) is 16.6. The number of nitrogens with one attached hydrogen (secondary N) is 1. The molecule has 1 aliphatic rings. The van der Waals surface area contributed by atoms with Gasteiger partial charge >= 0.3 is 0 Å². The molecule has 1 N–H and O–H groups in total. The molecular weight excluding hydrogens is 336 g/mol. The fourth-order valence-corrected chi connectivity index (χ4v) is 3.44. The lowest BCUT2D eigenvalue weighted by Gasteiger charge is -2.17. The Kier molecular flexibility index (Phi) is 4.06. The van der Waals surface area contributed by atoms with Crippen molar-refractivity contribution in [1.82, 2.24) is 19.9 Å². The molecule has 27 heavy (non-hydrogen) atoms. The number of rotatable bonds is 3. The van der Waals surface area contributed by atoms with Gasteiger partial charge in [-0.2, -0.15) is 0 Å². The standard InChI is InChI=1S/C22H26N4O/c1-13-6-7-15(20(27)23-16-8-9-16)12-18(13)17-10-11-26-19(14(17)2)24-25-21(26)22(3,4)5/h6-7,10-12,16H,8-9H2,1-5H3,(H,23,27). The van der Waals surface area contributed by atoms with Crippen molar-refractivity contribution in [2.75, 3.05) is 0 Å². The Hall–Kier alpha value is -2.69. The fraction of sp³-hybridized carbons (Fsp3) is 0.409. The number of benzene rings is 1. The van der Waals surface area contributed by atoms with Gasteiger partial charge in [0.2, 0.25) is 0 Å². The summed E-state index contributed by atoms with van der Waals surface area (Å²) in [5, 5.41) is 11.9. The molecule has 0 aliphatic heterocycles. The molecule has 1 aliphatic carbocycles. The third-order valence-electron chi connectivity index (χ3n) is 5.20. The number of hydrogen-bond donors (Lipinski definition) is 1. The van der Waals surface area contributed by atoms with Crippen LogP contribution >= 0.6 is 0 Å². The molecule has 0 spiro atoms. The quantitative estimate of drug-likeness (QED) is 0.759. The second kappa shape index (κ2) is 6.19. The normalized spacial score (nSPS) is 14.6. The van der Waals surface area contributed by atoms with Crippen molar-refractivity contribution in [3.05, 3.63) is 53.0 Å². The summed E-state index contributed by atoms with van der Waals surface area (Å²) in [5.74, 6) is 0.955. The average molecular weight is 362 g/mol. The SMILES string of the molecule is Cc1ccc(C(=O)NC2CC2)cc1-c1ccn2c(C(C)(C)C)nnc2c1C. The molecule has 1 aromatic carbocycles. The summed E-state index contributed by atoms with van der Waals surface area (Å²) in [6, 6.07) is 8.37. The molecule has 0 unspecified atom stereocenters. The van der Waals surface area contributed by atoms with E-state index in [9.17, 15) is 4.79 Å². The topological polar surface area (TPSA) is 59.3 Å². The molecule has 140 valence electrons. The van der Waals surface area contributed by atoms with E-state index in [0.29, 0.717) is 11.6 Å². The highest BCUT2D eigenvalue weighted by Gasteiger charge is 2.25. The molecule has 0 radical (unpaired) electrons. The van der Waals surface area contributed by atoms with E-state index in [1.165, 1.54) is 0 Å². The first-order chi connectivity index (χ1) is 12.8. The van der Waals surface area contributed by atoms with Crippen LogP contribution in [0.1, 0.15) is 60.9 Å². The minimum atomic E-state index is -0.0793. The Morgan fingerprint density at radius 3 is 2.52 bits per heavy atom. The zero-order valence-corrected chi connectivity index (χ0v) is 16.6. The van der Waals surface area contributed by atoms with Crippen molar-refractivity contribution in [2.24, 2.45) is 0 Å². The number of hydrogen-bond acceptors (Lipinski definition) is 3. The van der Waals surface area contributed by atoms with Crippen LogP contribution in [0.25, 0.3) is 16.8 Å². The summed E-state index contributed by atoms with van der Waals surface area (Å²) in [4.78, 5) is 12.5. The minimum Gasteiger partial charge on any atom is -0.349 e. The van der Waals surface area contributed by atoms with Gasteiger partial charge in [-0.3, -0.25) is 9.20 Å². The van der Waals surface area contributed by atoms with Gasteiger partial charge in [0.05, 0.1) is 0 Å². The molecule has 5 nitrogen and oxygen atoms in total. The first-order valence-electron chi connectivity index (χ1n) is 9.52. The fourth-order valence-electron chi connectivity index (χ4n) is 3.44. The van der Waals surface area contributed by atoms with E-state index in [-0.39, 0.29) is 11.3 Å². The average Bonchev–Trinajstić information content (AvgIpc) is 3.29. The first kappa shape index (κ1) is 17.7. The number of carbonyl (C=O) groups is 1. The van der Waals surface area contributed by atoms with E-state index in [4.69, 9.17) is 0 Å². The second-order valence-corrected chi connectivity index (χ2v) is 8.60. The molecule has 3 aromatic rings. The number of aromatic nitrogens is 3. The highest BCUT2D eigenvalue weighted by molar-refractivity contribution is 5.96. The van der Waals surface area contributed by atoms with Crippen LogP contribution in [0, 0.1) is 13.8 Å². The summed E-state index contributed by atoms with van der Waals surface area (Å²) >= 11 is 0. The monoisotopic (exact) mass is 362 g/mol. The summed E-state index contributed by atoms with van der Waals surface area (Å²) in [6.07, 6.45) is 4.21. The van der Waals surface area contributed by atoms with Crippen LogP contribution in [0.4, 0.5) is 0 Å². The van der Waals surface area contributed by atoms with E-state index in [1.807, 2.05) is 24.4 Å². The smallest absolute Gasteiger partial charge is 0.251 e. The van der Waals surface area contributed by atoms with Crippen LogP contribution in [-0.4, -0.2) is 26.5 Å². The van der Waals surface area contributed by atoms with Crippen molar-refractivity contribution < 1.29 is 4.79 Å². The summed E-state index contributed by atoms with van der Waals surface area (Å²) < 4.78 is 2.07. The van der Waals surface area contributed by atoms with Crippen LogP contribution in [0.3, 0.4) is 0 Å². The lowest BCUT2D eigenvalue weighted by atomic mass is 9.94. The van der Waals surface area contributed by atoms with Crippen LogP contribution in [0.15, 0.2) is 30.5 Å². The second-order valence-electron chi connectivity index (χ2n) is 8.60. The Morgan fingerprint density at radius 2 is 1.85 bits per heavy atom. The third-order valence-corrected chi connectivity index (χ3v) is 5.20. The van der Waals surface area contributed by atoms with Crippen molar-refractivity contribution in [3.63, 3.8) is 0 Å². The van der Waals surface area contributed by atoms with Gasteiger partial charge in [-0.25, -0.2) is 0 Å². The molecule has 4 rings (SSSR count). The molecule has 5 heteroatoms. The van der Waals surface area contributed by atoms with E-state index in [1.54, 1.807) is 0 Å². The maximum absolute atomic E-state index is 12.5. The lowest BCUT2D eigenvalue weighted by Crippen LogP contribution is -2.25. The van der Waals surface area contributed by atoms with Gasteiger partial charge < -0.3 is 5.32 Å². The first-order valence-corrected chi connectivity index (χ1v) is 9.52. The summed E-state index contributed by atoms with van der Waals surface area (Å²) in [7, 11) is 0. The van der Waals surface area contributed by atoms with Crippen LogP contribution < -0.4 is 5.32 Å². The number of amides is 1. The maximum atomic E-state index is 12.5. The number of carbonyl (C=O) groups excluding carboxylic acids is 1. The molecule has 1 fully saturated rings. The predicted octanol–water partition coefficient (Wildman–Crippen LogP) is 4.20. The number of fused-ring (bicyclic) bond motifs is 1. The van der Waals surface area contributed by atoms with E-state index < -0.39 is 0 Å². The van der Waals surface area contributed by atoms with Gasteiger partial charge in [-0.15, -0.1) is 10.2 Å². The largest absolute Gasteiger partial charge is 0.349 e. The molecule has 0 saturated heterocycles. The highest BCUT2D eigenvalue weighted by atomic mass is 16.1.